The summed E-state index contributed by atoms with van der Waals surface area (Å²) in [6.07, 6.45) is 4.29. The zero-order valence-corrected chi connectivity index (χ0v) is 11.2. The minimum absolute atomic E-state index is 0.429. The van der Waals surface area contributed by atoms with Gasteiger partial charge < -0.3 is 10.4 Å². The maximum Gasteiger partial charge on any atom is 0.328 e. The summed E-state index contributed by atoms with van der Waals surface area (Å²) in [6, 6.07) is 7.60. The number of hydrogen-bond acceptors (Lipinski definition) is 3. The van der Waals surface area contributed by atoms with E-state index in [0.29, 0.717) is 0 Å². The molecule has 5 nitrogen and oxygen atoms in total. The Kier molecular flexibility index (Phi) is 4.90. The van der Waals surface area contributed by atoms with E-state index in [1.54, 1.807) is 0 Å². The molecule has 0 atom stereocenters. The number of para-hydroxylation sites is 1. The molecule has 1 heterocycles. The molecule has 1 aliphatic heterocycles. The molecule has 2 rings (SSSR count). The summed E-state index contributed by atoms with van der Waals surface area (Å²) in [5, 5.41) is 11.2. The number of rotatable bonds is 5. The molecule has 1 aromatic rings. The van der Waals surface area contributed by atoms with Crippen LogP contribution in [0.5, 0.6) is 0 Å². The molecular formula is C15H18N2O3. The molecule has 5 heteroatoms. The van der Waals surface area contributed by atoms with Gasteiger partial charge in [0.05, 0.1) is 0 Å². The van der Waals surface area contributed by atoms with E-state index in [2.05, 4.69) is 10.2 Å². The predicted molar refractivity (Wildman–Crippen MR) is 76.4 cm³/mol. The third-order valence-corrected chi connectivity index (χ3v) is 3.25. The molecule has 1 aromatic carbocycles. The zero-order chi connectivity index (χ0) is 14.4. The molecule has 0 bridgehead atoms. The Labute approximate surface area is 117 Å². The molecule has 0 saturated carbocycles. The van der Waals surface area contributed by atoms with Gasteiger partial charge in [0.1, 0.15) is 0 Å². The number of nitrogens with zero attached hydrogens (tertiary/aromatic N) is 1. The van der Waals surface area contributed by atoms with Crippen molar-refractivity contribution >= 4 is 17.6 Å². The highest BCUT2D eigenvalue weighted by Gasteiger charge is 2.14. The fourth-order valence-electron chi connectivity index (χ4n) is 2.28. The molecule has 0 unspecified atom stereocenters. The summed E-state index contributed by atoms with van der Waals surface area (Å²) >= 11 is 0. The summed E-state index contributed by atoms with van der Waals surface area (Å²) in [5.41, 5.74) is 1.78. The van der Waals surface area contributed by atoms with Crippen LogP contribution in [0, 0.1) is 0 Å². The van der Waals surface area contributed by atoms with Crippen molar-refractivity contribution in [2.24, 2.45) is 0 Å². The molecule has 0 aliphatic carbocycles. The lowest BCUT2D eigenvalue weighted by atomic mass is 10.1. The predicted octanol–water partition coefficient (Wildman–Crippen LogP) is 1.86. The second-order valence-corrected chi connectivity index (χ2v) is 4.80. The number of likely N-dealkylation sites (tertiary alicyclic amines) is 1. The topological polar surface area (TPSA) is 69.6 Å². The molecular weight excluding hydrogens is 256 g/mol. The number of carboxylic acids is 1. The van der Waals surface area contributed by atoms with Crippen molar-refractivity contribution in [3.8, 4) is 0 Å². The van der Waals surface area contributed by atoms with Crippen molar-refractivity contribution in [3.63, 3.8) is 0 Å². The van der Waals surface area contributed by atoms with Crippen LogP contribution in [0.15, 0.2) is 36.4 Å². The summed E-state index contributed by atoms with van der Waals surface area (Å²) in [4.78, 5) is 24.4. The van der Waals surface area contributed by atoms with Crippen molar-refractivity contribution in [3.05, 3.63) is 42.0 Å². The average Bonchev–Trinajstić information content (AvgIpc) is 2.92. The molecule has 1 amide bonds. The van der Waals surface area contributed by atoms with Crippen LogP contribution in [-0.4, -0.2) is 35.0 Å². The number of anilines is 1. The summed E-state index contributed by atoms with van der Waals surface area (Å²) in [7, 11) is 0. The second kappa shape index (κ2) is 6.86. The minimum Gasteiger partial charge on any atom is -0.478 e. The Hall–Kier alpha value is -2.14. The smallest absolute Gasteiger partial charge is 0.328 e. The molecule has 106 valence electrons. The van der Waals surface area contributed by atoms with Crippen LogP contribution in [0.25, 0.3) is 0 Å². The van der Waals surface area contributed by atoms with Gasteiger partial charge in [-0.05, 0) is 37.6 Å². The lowest BCUT2D eigenvalue weighted by Gasteiger charge is -2.17. The van der Waals surface area contributed by atoms with Gasteiger partial charge in [0.15, 0.2) is 0 Å². The molecule has 20 heavy (non-hydrogen) atoms. The highest BCUT2D eigenvalue weighted by atomic mass is 16.4. The zero-order valence-electron chi connectivity index (χ0n) is 11.2. The largest absolute Gasteiger partial charge is 0.478 e. The SMILES string of the molecule is O=C(O)/C=C/C(=O)Nc1ccccc1CN1CCCC1. The van der Waals surface area contributed by atoms with E-state index in [-0.39, 0.29) is 0 Å². The number of carbonyl (C=O) groups excluding carboxylic acids is 1. The maximum absolute atomic E-state index is 11.6. The number of nitrogens with one attached hydrogen (secondary N) is 1. The normalized spacial score (nSPS) is 15.6. The van der Waals surface area contributed by atoms with Gasteiger partial charge in [0, 0.05) is 24.4 Å². The van der Waals surface area contributed by atoms with Gasteiger partial charge in [-0.1, -0.05) is 18.2 Å². The maximum atomic E-state index is 11.6. The van der Waals surface area contributed by atoms with Crippen molar-refractivity contribution in [2.75, 3.05) is 18.4 Å². The van der Waals surface area contributed by atoms with Crippen molar-refractivity contribution in [1.29, 1.82) is 0 Å². The van der Waals surface area contributed by atoms with Crippen LogP contribution < -0.4 is 5.32 Å². The van der Waals surface area contributed by atoms with Gasteiger partial charge in [-0.3, -0.25) is 9.69 Å². The number of benzene rings is 1. The third-order valence-electron chi connectivity index (χ3n) is 3.25. The molecule has 1 aliphatic rings. The highest BCUT2D eigenvalue weighted by molar-refractivity contribution is 6.02. The Morgan fingerprint density at radius 1 is 1.20 bits per heavy atom. The van der Waals surface area contributed by atoms with E-state index in [0.717, 1.165) is 43.0 Å². The van der Waals surface area contributed by atoms with Crippen LogP contribution in [0.1, 0.15) is 18.4 Å². The summed E-state index contributed by atoms with van der Waals surface area (Å²) in [5.74, 6) is -1.56. The standard InChI is InChI=1S/C15H18N2O3/c18-14(7-8-15(19)20)16-13-6-2-1-5-12(13)11-17-9-3-4-10-17/h1-2,5-8H,3-4,9-11H2,(H,16,18)(H,19,20)/b8-7+. The van der Waals surface area contributed by atoms with Crippen molar-refractivity contribution in [1.82, 2.24) is 4.90 Å². The number of carboxylic acid groups (broad SMARTS) is 1. The molecule has 0 aromatic heterocycles. The van der Waals surface area contributed by atoms with Gasteiger partial charge in [0.2, 0.25) is 5.91 Å². The molecule has 0 radical (unpaired) electrons. The number of carbonyl (C=O) groups is 2. The fraction of sp³-hybridized carbons (Fsp3) is 0.333. The van der Waals surface area contributed by atoms with Gasteiger partial charge in [0.25, 0.3) is 0 Å². The monoisotopic (exact) mass is 274 g/mol. The Morgan fingerprint density at radius 2 is 1.90 bits per heavy atom. The van der Waals surface area contributed by atoms with E-state index in [1.165, 1.54) is 12.8 Å². The molecule has 1 fully saturated rings. The van der Waals surface area contributed by atoms with E-state index in [9.17, 15) is 9.59 Å². The molecule has 1 saturated heterocycles. The first-order valence-electron chi connectivity index (χ1n) is 6.67. The third kappa shape index (κ3) is 4.20. The van der Waals surface area contributed by atoms with Crippen LogP contribution in [0.3, 0.4) is 0 Å². The molecule has 0 spiro atoms. The Bertz CT molecular complexity index is 520. The van der Waals surface area contributed by atoms with Gasteiger partial charge in [-0.15, -0.1) is 0 Å². The lowest BCUT2D eigenvalue weighted by molar-refractivity contribution is -0.131. The Balaban J connectivity index is 2.03. The van der Waals surface area contributed by atoms with Gasteiger partial charge in [-0.2, -0.15) is 0 Å². The van der Waals surface area contributed by atoms with Gasteiger partial charge in [-0.25, -0.2) is 4.79 Å². The fourth-order valence-corrected chi connectivity index (χ4v) is 2.28. The minimum atomic E-state index is -1.13. The highest BCUT2D eigenvalue weighted by Crippen LogP contribution is 2.19. The van der Waals surface area contributed by atoms with Crippen molar-refractivity contribution in [2.45, 2.75) is 19.4 Å². The van der Waals surface area contributed by atoms with Crippen LogP contribution in [0.4, 0.5) is 5.69 Å². The molecule has 2 N–H and O–H groups in total. The number of aliphatic carboxylic acids is 1. The Morgan fingerprint density at radius 3 is 2.60 bits per heavy atom. The van der Waals surface area contributed by atoms with Crippen LogP contribution >= 0.6 is 0 Å². The second-order valence-electron chi connectivity index (χ2n) is 4.80. The van der Waals surface area contributed by atoms with E-state index >= 15 is 0 Å². The number of hydrogen-bond donors (Lipinski definition) is 2. The van der Waals surface area contributed by atoms with Gasteiger partial charge >= 0.3 is 5.97 Å². The summed E-state index contributed by atoms with van der Waals surface area (Å²) in [6.45, 7) is 2.97. The quantitative estimate of drug-likeness (QED) is 0.804. The van der Waals surface area contributed by atoms with E-state index < -0.39 is 11.9 Å². The average molecular weight is 274 g/mol. The van der Waals surface area contributed by atoms with Crippen molar-refractivity contribution < 1.29 is 14.7 Å². The van der Waals surface area contributed by atoms with Crippen LogP contribution in [-0.2, 0) is 16.1 Å². The lowest BCUT2D eigenvalue weighted by Crippen LogP contribution is -2.20. The summed E-state index contributed by atoms with van der Waals surface area (Å²) < 4.78 is 0. The first-order valence-corrected chi connectivity index (χ1v) is 6.67. The van der Waals surface area contributed by atoms with E-state index in [1.807, 2.05) is 24.3 Å². The van der Waals surface area contributed by atoms with Crippen LogP contribution in [0.2, 0.25) is 0 Å². The van der Waals surface area contributed by atoms with E-state index in [4.69, 9.17) is 5.11 Å². The first kappa shape index (κ1) is 14.3. The first-order chi connectivity index (χ1) is 9.65. The number of amides is 1.